The van der Waals surface area contributed by atoms with Crippen molar-refractivity contribution in [2.45, 2.75) is 11.4 Å². The Morgan fingerprint density at radius 3 is 2.43 bits per heavy atom. The van der Waals surface area contributed by atoms with E-state index in [1.54, 1.807) is 18.2 Å². The summed E-state index contributed by atoms with van der Waals surface area (Å²) < 4.78 is 47.7. The highest BCUT2D eigenvalue weighted by Crippen LogP contribution is 2.17. The molecule has 3 rings (SSSR count). The van der Waals surface area contributed by atoms with Gasteiger partial charge >= 0.3 is 5.69 Å². The van der Waals surface area contributed by atoms with Gasteiger partial charge in [-0.15, -0.1) is 3.97 Å². The minimum absolute atomic E-state index is 0.136. The van der Waals surface area contributed by atoms with E-state index in [-0.39, 0.29) is 17.6 Å². The molecule has 0 aliphatic rings. The average Bonchev–Trinajstić information content (AvgIpc) is 2.71. The first kappa shape index (κ1) is 19.8. The summed E-state index contributed by atoms with van der Waals surface area (Å²) in [6.45, 7) is -0.136. The number of rotatable bonds is 5. The summed E-state index contributed by atoms with van der Waals surface area (Å²) in [4.78, 5) is 16.9. The molecule has 0 amide bonds. The van der Waals surface area contributed by atoms with Gasteiger partial charge in [0, 0.05) is 12.6 Å². The molecule has 6 nitrogen and oxygen atoms in total. The Hall–Kier alpha value is -2.91. The Morgan fingerprint density at radius 2 is 1.79 bits per heavy atom. The fourth-order valence-corrected chi connectivity index (χ4v) is 3.56. The number of nitrogens with zero attached hydrogens (tertiary/aromatic N) is 3. The van der Waals surface area contributed by atoms with Crippen LogP contribution in [0.3, 0.4) is 0 Å². The van der Waals surface area contributed by atoms with Gasteiger partial charge in [0.15, 0.2) is 16.2 Å². The van der Waals surface area contributed by atoms with Crippen molar-refractivity contribution in [1.82, 2.24) is 8.54 Å². The van der Waals surface area contributed by atoms with Gasteiger partial charge < -0.3 is 9.29 Å². The molecule has 1 aromatic heterocycles. The highest BCUT2D eigenvalue weighted by molar-refractivity contribution is 7.89. The van der Waals surface area contributed by atoms with Crippen LogP contribution in [0.2, 0.25) is 0 Å². The monoisotopic (exact) mass is 405 g/mol. The Kier molecular flexibility index (Phi) is 5.96. The van der Waals surface area contributed by atoms with Crippen LogP contribution in [-0.2, 0) is 25.0 Å². The van der Waals surface area contributed by atoms with Crippen molar-refractivity contribution in [3.8, 4) is 5.75 Å². The van der Waals surface area contributed by atoms with Crippen LogP contribution in [0.4, 0.5) is 8.78 Å². The van der Waals surface area contributed by atoms with Crippen molar-refractivity contribution >= 4 is 11.4 Å². The summed E-state index contributed by atoms with van der Waals surface area (Å²) in [6, 6.07) is 12.2. The quantitative estimate of drug-likeness (QED) is 0.611. The molecule has 0 saturated carbocycles. The van der Waals surface area contributed by atoms with Gasteiger partial charge in [-0.3, -0.25) is 9.56 Å². The zero-order valence-corrected chi connectivity index (χ0v) is 16.0. The van der Waals surface area contributed by atoms with Crippen molar-refractivity contribution in [1.29, 1.82) is 0 Å². The third-order valence-electron chi connectivity index (χ3n) is 4.03. The molecular weight excluding hydrogens is 388 g/mol. The smallest absolute Gasteiger partial charge is 0.371 e. The van der Waals surface area contributed by atoms with Crippen LogP contribution in [0.15, 0.2) is 69.4 Å². The third kappa shape index (κ3) is 4.00. The number of hydrogen-bond acceptors (Lipinski definition) is 4. The predicted octanol–water partition coefficient (Wildman–Crippen LogP) is 2.15. The summed E-state index contributed by atoms with van der Waals surface area (Å²) >= 11 is -1.95. The highest BCUT2D eigenvalue weighted by Gasteiger charge is 2.20. The molecule has 2 aromatic carbocycles. The fraction of sp³-hybridized carbons (Fsp3) is 0.158. The SMILES string of the molecule is COc1ccc([S+]([O-])n2cc(F)/c(=N\Cc3ccccc3F)n(C)c2=O)cc1. The fourth-order valence-electron chi connectivity index (χ4n) is 2.51. The van der Waals surface area contributed by atoms with E-state index >= 15 is 0 Å². The van der Waals surface area contributed by atoms with Gasteiger partial charge in [-0.25, -0.2) is 13.6 Å². The van der Waals surface area contributed by atoms with Crippen LogP contribution in [0.25, 0.3) is 0 Å². The van der Waals surface area contributed by atoms with Gasteiger partial charge in [0.2, 0.25) is 0 Å². The lowest BCUT2D eigenvalue weighted by Gasteiger charge is -2.13. The maximum absolute atomic E-state index is 14.6. The van der Waals surface area contributed by atoms with E-state index in [0.717, 1.165) is 14.7 Å². The number of methoxy groups -OCH3 is 1. The second-order valence-electron chi connectivity index (χ2n) is 5.80. The first-order valence-electron chi connectivity index (χ1n) is 8.20. The Bertz CT molecular complexity index is 1110. The molecule has 0 aliphatic carbocycles. The third-order valence-corrected chi connectivity index (χ3v) is 5.33. The standard InChI is InChI=1S/C19H17F2N3O3S/c1-23-18(22-11-13-5-3-4-6-16(13)20)17(21)12-24(19(23)25)28(26)15-9-7-14(27-2)8-10-15/h3-10,12H,11H2,1-2H3/b22-18+. The van der Waals surface area contributed by atoms with Crippen molar-refractivity contribution in [3.63, 3.8) is 0 Å². The van der Waals surface area contributed by atoms with Crippen molar-refractivity contribution in [3.05, 3.63) is 87.9 Å². The summed E-state index contributed by atoms with van der Waals surface area (Å²) in [5.74, 6) is -0.754. The zero-order valence-electron chi connectivity index (χ0n) is 15.1. The molecular formula is C19H17F2N3O3S. The molecule has 0 N–H and O–H groups in total. The molecule has 1 atom stereocenters. The second kappa shape index (κ2) is 8.41. The number of halogens is 2. The minimum atomic E-state index is -1.95. The van der Waals surface area contributed by atoms with E-state index in [9.17, 15) is 18.1 Å². The van der Waals surface area contributed by atoms with E-state index < -0.39 is 28.7 Å². The number of benzene rings is 2. The molecule has 0 aliphatic heterocycles. The Labute approximate surface area is 162 Å². The lowest BCUT2D eigenvalue weighted by molar-refractivity contribution is 0.414. The molecule has 28 heavy (non-hydrogen) atoms. The molecule has 1 unspecified atom stereocenters. The molecule has 9 heteroatoms. The maximum Gasteiger partial charge on any atom is 0.371 e. The van der Waals surface area contributed by atoms with Gasteiger partial charge in [-0.05, 0) is 30.3 Å². The molecule has 146 valence electrons. The van der Waals surface area contributed by atoms with Crippen LogP contribution in [0.1, 0.15) is 5.56 Å². The summed E-state index contributed by atoms with van der Waals surface area (Å²) in [7, 11) is 2.81. The molecule has 0 bridgehead atoms. The van der Waals surface area contributed by atoms with Crippen molar-refractivity contribution < 1.29 is 18.1 Å². The lowest BCUT2D eigenvalue weighted by atomic mass is 10.2. The van der Waals surface area contributed by atoms with Crippen LogP contribution in [-0.4, -0.2) is 20.2 Å². The zero-order chi connectivity index (χ0) is 20.3. The molecule has 0 fully saturated rings. The van der Waals surface area contributed by atoms with Gasteiger partial charge in [-0.2, -0.15) is 0 Å². The van der Waals surface area contributed by atoms with E-state index in [0.29, 0.717) is 10.6 Å². The maximum atomic E-state index is 14.6. The normalized spacial score (nSPS) is 12.8. The van der Waals surface area contributed by atoms with Crippen LogP contribution in [0, 0.1) is 11.6 Å². The molecule has 0 spiro atoms. The average molecular weight is 405 g/mol. The van der Waals surface area contributed by atoms with Gasteiger partial charge in [0.25, 0.3) is 0 Å². The van der Waals surface area contributed by atoms with E-state index in [1.165, 1.54) is 44.5 Å². The van der Waals surface area contributed by atoms with Crippen molar-refractivity contribution in [2.75, 3.05) is 7.11 Å². The van der Waals surface area contributed by atoms with Gasteiger partial charge in [-0.1, -0.05) is 18.2 Å². The minimum Gasteiger partial charge on any atom is -0.587 e. The first-order chi connectivity index (χ1) is 13.4. The van der Waals surface area contributed by atoms with Crippen LogP contribution >= 0.6 is 0 Å². The highest BCUT2D eigenvalue weighted by atomic mass is 32.2. The predicted molar refractivity (Wildman–Crippen MR) is 100 cm³/mol. The molecule has 0 saturated heterocycles. The van der Waals surface area contributed by atoms with Crippen molar-refractivity contribution in [2.24, 2.45) is 12.0 Å². The molecule has 0 radical (unpaired) electrons. The number of hydrogen-bond donors (Lipinski definition) is 0. The van der Waals surface area contributed by atoms with Gasteiger partial charge in [0.05, 0.1) is 13.7 Å². The summed E-state index contributed by atoms with van der Waals surface area (Å²) in [6.07, 6.45) is 0.836. The number of aromatic nitrogens is 2. The first-order valence-corrected chi connectivity index (χ1v) is 9.31. The van der Waals surface area contributed by atoms with E-state index in [2.05, 4.69) is 4.99 Å². The largest absolute Gasteiger partial charge is 0.587 e. The molecule has 1 heterocycles. The summed E-state index contributed by atoms with van der Waals surface area (Å²) in [5.41, 5.74) is -0.702. The Balaban J connectivity index is 1.99. The van der Waals surface area contributed by atoms with Crippen LogP contribution in [0.5, 0.6) is 5.75 Å². The number of ether oxygens (including phenoxy) is 1. The summed E-state index contributed by atoms with van der Waals surface area (Å²) in [5, 5.41) is 0. The second-order valence-corrected chi connectivity index (χ2v) is 7.16. The lowest BCUT2D eigenvalue weighted by Crippen LogP contribution is -2.42. The van der Waals surface area contributed by atoms with E-state index in [1.807, 2.05) is 0 Å². The molecule has 3 aromatic rings. The van der Waals surface area contributed by atoms with E-state index in [4.69, 9.17) is 4.74 Å². The van der Waals surface area contributed by atoms with Gasteiger partial charge in [0.1, 0.15) is 29.1 Å². The topological polar surface area (TPSA) is 71.6 Å². The Morgan fingerprint density at radius 1 is 1.11 bits per heavy atom. The van der Waals surface area contributed by atoms with Crippen LogP contribution < -0.4 is 15.9 Å².